The monoisotopic (exact) mass is 525 g/mol. The Morgan fingerprint density at radius 1 is 0.923 bits per heavy atom. The Morgan fingerprint density at radius 2 is 1.64 bits per heavy atom. The number of ether oxygens (including phenoxy) is 1. The Balaban J connectivity index is 1.59. The van der Waals surface area contributed by atoms with E-state index in [4.69, 9.17) is 9.84 Å². The number of carbonyl (C=O) groups excluding carboxylic acids is 2. The van der Waals surface area contributed by atoms with Crippen molar-refractivity contribution in [2.24, 2.45) is 0 Å². The van der Waals surface area contributed by atoms with Crippen molar-refractivity contribution >= 4 is 23.4 Å². The number of aryl methyl sites for hydroxylation is 1. The van der Waals surface area contributed by atoms with Gasteiger partial charge in [-0.25, -0.2) is 9.48 Å². The molecule has 0 radical (unpaired) electrons. The predicted octanol–water partition coefficient (Wildman–Crippen LogP) is 6.16. The van der Waals surface area contributed by atoms with Gasteiger partial charge >= 0.3 is 6.03 Å². The Morgan fingerprint density at radius 3 is 2.33 bits per heavy atom. The molecule has 202 valence electrons. The highest BCUT2D eigenvalue weighted by atomic mass is 16.5. The Kier molecular flexibility index (Phi) is 8.34. The zero-order valence-corrected chi connectivity index (χ0v) is 23.1. The van der Waals surface area contributed by atoms with E-state index in [1.165, 1.54) is 4.90 Å². The number of rotatable bonds is 8. The molecular weight excluding hydrogens is 490 g/mol. The van der Waals surface area contributed by atoms with Crippen LogP contribution in [0.2, 0.25) is 0 Å². The molecule has 4 rings (SSSR count). The van der Waals surface area contributed by atoms with E-state index in [9.17, 15) is 9.59 Å². The maximum absolute atomic E-state index is 13.4. The maximum atomic E-state index is 13.4. The first-order chi connectivity index (χ1) is 18.6. The van der Waals surface area contributed by atoms with Crippen LogP contribution in [0.5, 0.6) is 5.75 Å². The number of hydrogen-bond donors (Lipinski definition) is 2. The summed E-state index contributed by atoms with van der Waals surface area (Å²) in [6.45, 7) is 8.32. The molecule has 0 aliphatic carbocycles. The fourth-order valence-corrected chi connectivity index (χ4v) is 4.09. The van der Waals surface area contributed by atoms with Crippen LogP contribution in [0.15, 0.2) is 84.9 Å². The lowest BCUT2D eigenvalue weighted by atomic mass is 9.92. The van der Waals surface area contributed by atoms with Crippen molar-refractivity contribution in [1.29, 1.82) is 0 Å². The minimum Gasteiger partial charge on any atom is -0.495 e. The number of para-hydroxylation sites is 2. The molecule has 1 heterocycles. The maximum Gasteiger partial charge on any atom is 0.322 e. The number of nitrogens with one attached hydrogen (secondary N) is 2. The van der Waals surface area contributed by atoms with Crippen molar-refractivity contribution < 1.29 is 14.3 Å². The lowest BCUT2D eigenvalue weighted by Gasteiger charge is -2.23. The molecular formula is C31H35N5O3. The van der Waals surface area contributed by atoms with Crippen LogP contribution in [-0.4, -0.2) is 40.3 Å². The third-order valence-corrected chi connectivity index (χ3v) is 6.18. The fraction of sp³-hybridized carbons (Fsp3) is 0.258. The van der Waals surface area contributed by atoms with Crippen LogP contribution in [0.4, 0.5) is 16.3 Å². The molecule has 2 N–H and O–H groups in total. The van der Waals surface area contributed by atoms with Gasteiger partial charge in [0.25, 0.3) is 0 Å². The molecule has 4 aromatic rings. The normalized spacial score (nSPS) is 11.1. The Bertz CT molecular complexity index is 1440. The number of carbonyl (C=O) groups is 2. The Hall–Kier alpha value is -4.59. The van der Waals surface area contributed by atoms with E-state index in [2.05, 4.69) is 31.4 Å². The molecule has 8 heteroatoms. The van der Waals surface area contributed by atoms with Crippen molar-refractivity contribution in [1.82, 2.24) is 14.7 Å². The van der Waals surface area contributed by atoms with Crippen LogP contribution in [0.1, 0.15) is 37.6 Å². The molecule has 0 fully saturated rings. The Labute approximate surface area is 229 Å². The second-order valence-electron chi connectivity index (χ2n) is 10.4. The molecule has 0 atom stereocenters. The summed E-state index contributed by atoms with van der Waals surface area (Å²) in [5, 5.41) is 10.7. The molecule has 0 saturated heterocycles. The molecule has 0 aliphatic rings. The topological polar surface area (TPSA) is 88.5 Å². The molecule has 8 nitrogen and oxygen atoms in total. The summed E-state index contributed by atoms with van der Waals surface area (Å²) >= 11 is 0. The number of anilines is 2. The first kappa shape index (κ1) is 27.4. The third-order valence-electron chi connectivity index (χ3n) is 6.18. The third kappa shape index (κ3) is 7.04. The number of benzene rings is 3. The van der Waals surface area contributed by atoms with Crippen LogP contribution in [-0.2, 0) is 16.8 Å². The second-order valence-corrected chi connectivity index (χ2v) is 10.4. The average Bonchev–Trinajstić information content (AvgIpc) is 3.33. The van der Waals surface area contributed by atoms with Gasteiger partial charge in [-0.05, 0) is 42.3 Å². The van der Waals surface area contributed by atoms with E-state index >= 15 is 0 Å². The first-order valence-corrected chi connectivity index (χ1v) is 12.8. The summed E-state index contributed by atoms with van der Waals surface area (Å²) in [4.78, 5) is 28.3. The van der Waals surface area contributed by atoms with Gasteiger partial charge in [0, 0.05) is 18.0 Å². The van der Waals surface area contributed by atoms with Crippen molar-refractivity contribution in [3.8, 4) is 11.4 Å². The molecule has 39 heavy (non-hydrogen) atoms. The van der Waals surface area contributed by atoms with E-state index in [0.29, 0.717) is 17.3 Å². The standard InChI is InChI=1S/C31H35N5O3/c1-22-12-11-15-24(18-22)36-28(19-27(34-36)31(2,3)4)33-29(37)21-35(20-23-13-7-6-8-14-23)30(38)32-25-16-9-10-17-26(25)39-5/h6-19H,20-21H2,1-5H3,(H,32,38)(H,33,37). The van der Waals surface area contributed by atoms with Crippen LogP contribution >= 0.6 is 0 Å². The zero-order valence-electron chi connectivity index (χ0n) is 23.1. The van der Waals surface area contributed by atoms with E-state index in [0.717, 1.165) is 22.5 Å². The second kappa shape index (κ2) is 11.9. The minimum absolute atomic E-state index is 0.167. The van der Waals surface area contributed by atoms with Gasteiger partial charge in [-0.1, -0.05) is 75.4 Å². The smallest absolute Gasteiger partial charge is 0.322 e. The van der Waals surface area contributed by atoms with Crippen LogP contribution in [0.3, 0.4) is 0 Å². The molecule has 1 aromatic heterocycles. The number of urea groups is 1. The quantitative estimate of drug-likeness (QED) is 0.288. The highest BCUT2D eigenvalue weighted by Crippen LogP contribution is 2.27. The summed E-state index contributed by atoms with van der Waals surface area (Å²) in [7, 11) is 1.55. The fourth-order valence-electron chi connectivity index (χ4n) is 4.09. The average molecular weight is 526 g/mol. The molecule has 0 aliphatic heterocycles. The van der Waals surface area contributed by atoms with Crippen molar-refractivity contribution in [3.63, 3.8) is 0 Å². The number of methoxy groups -OCH3 is 1. The summed E-state index contributed by atoms with van der Waals surface area (Å²) in [5.74, 6) is 0.738. The first-order valence-electron chi connectivity index (χ1n) is 12.8. The van der Waals surface area contributed by atoms with Crippen LogP contribution in [0, 0.1) is 6.92 Å². The minimum atomic E-state index is -0.416. The zero-order chi connectivity index (χ0) is 28.0. The van der Waals surface area contributed by atoms with Gasteiger partial charge in [0.1, 0.15) is 18.1 Å². The van der Waals surface area contributed by atoms with Crippen LogP contribution in [0.25, 0.3) is 5.69 Å². The van der Waals surface area contributed by atoms with Gasteiger partial charge < -0.3 is 20.3 Å². The largest absolute Gasteiger partial charge is 0.495 e. The van der Waals surface area contributed by atoms with Crippen molar-refractivity contribution in [3.05, 3.63) is 102 Å². The summed E-state index contributed by atoms with van der Waals surface area (Å²) in [6.07, 6.45) is 0. The summed E-state index contributed by atoms with van der Waals surface area (Å²) in [6, 6.07) is 26.1. The van der Waals surface area contributed by atoms with E-state index in [1.54, 1.807) is 23.9 Å². The molecule has 0 unspecified atom stereocenters. The molecule has 3 amide bonds. The number of aromatic nitrogens is 2. The van der Waals surface area contributed by atoms with Gasteiger partial charge in [-0.3, -0.25) is 4.79 Å². The highest BCUT2D eigenvalue weighted by molar-refractivity contribution is 5.97. The van der Waals surface area contributed by atoms with Crippen molar-refractivity contribution in [2.45, 2.75) is 39.7 Å². The summed E-state index contributed by atoms with van der Waals surface area (Å²) < 4.78 is 7.11. The molecule has 3 aromatic carbocycles. The van der Waals surface area contributed by atoms with Crippen molar-refractivity contribution in [2.75, 3.05) is 24.3 Å². The molecule has 0 bridgehead atoms. The summed E-state index contributed by atoms with van der Waals surface area (Å²) in [5.41, 5.74) is 3.98. The molecule has 0 saturated carbocycles. The van der Waals surface area contributed by atoms with Gasteiger partial charge in [0.2, 0.25) is 5.91 Å². The number of hydrogen-bond acceptors (Lipinski definition) is 4. The van der Waals surface area contributed by atoms with Gasteiger partial charge in [0.15, 0.2) is 0 Å². The lowest BCUT2D eigenvalue weighted by Crippen LogP contribution is -2.40. The molecule has 0 spiro atoms. The predicted molar refractivity (Wildman–Crippen MR) is 154 cm³/mol. The van der Waals surface area contributed by atoms with Gasteiger partial charge in [0.05, 0.1) is 24.2 Å². The number of nitrogens with zero attached hydrogens (tertiary/aromatic N) is 3. The van der Waals surface area contributed by atoms with Crippen LogP contribution < -0.4 is 15.4 Å². The lowest BCUT2D eigenvalue weighted by molar-refractivity contribution is -0.116. The SMILES string of the molecule is COc1ccccc1NC(=O)N(CC(=O)Nc1cc(C(C)(C)C)nn1-c1cccc(C)c1)Cc1ccccc1. The number of amides is 3. The highest BCUT2D eigenvalue weighted by Gasteiger charge is 2.24. The van der Waals surface area contributed by atoms with Gasteiger partial charge in [-0.15, -0.1) is 0 Å². The van der Waals surface area contributed by atoms with E-state index < -0.39 is 6.03 Å². The van der Waals surface area contributed by atoms with E-state index in [-0.39, 0.29) is 24.4 Å². The van der Waals surface area contributed by atoms with E-state index in [1.807, 2.05) is 79.7 Å². The van der Waals surface area contributed by atoms with Gasteiger partial charge in [-0.2, -0.15) is 5.10 Å².